The standard InChI is InChI=1S/C20H19N3O6/c1-28-15-7-16(29-2)14(23(26)27)5-9(15)8-21-22-19(24)17-10-3-4-11(13-6-12(10)13)18(17)20(22)25/h3-5,7-8,10-13,17-18H,6H2,1-2H3/b21-8+. The zero-order valence-electron chi connectivity index (χ0n) is 15.8. The average Bonchev–Trinajstić information content (AvgIpc) is 3.50. The van der Waals surface area contributed by atoms with Crippen LogP contribution in [0.3, 0.4) is 0 Å². The SMILES string of the molecule is COc1cc(OC)c([N+](=O)[O-])cc1/C=N/N1C(=O)C2C3C=CC(C4CC34)C2C1=O. The normalized spacial score (nSPS) is 33.8. The summed E-state index contributed by atoms with van der Waals surface area (Å²) >= 11 is 0. The van der Waals surface area contributed by atoms with Gasteiger partial charge >= 0.3 is 5.69 Å². The number of hydrogen-bond acceptors (Lipinski definition) is 7. The molecular weight excluding hydrogens is 378 g/mol. The largest absolute Gasteiger partial charge is 0.496 e. The van der Waals surface area contributed by atoms with Crippen molar-refractivity contribution in [2.45, 2.75) is 6.42 Å². The number of hydrazone groups is 1. The third-order valence-electron chi connectivity index (χ3n) is 6.68. The Morgan fingerprint density at radius 3 is 2.17 bits per heavy atom. The van der Waals surface area contributed by atoms with Crippen molar-refractivity contribution in [1.82, 2.24) is 5.01 Å². The van der Waals surface area contributed by atoms with Gasteiger partial charge in [-0.1, -0.05) is 12.2 Å². The second-order valence-electron chi connectivity index (χ2n) is 7.91. The lowest BCUT2D eigenvalue weighted by atomic mass is 9.63. The molecule has 1 saturated heterocycles. The Kier molecular flexibility index (Phi) is 3.77. The molecule has 6 atom stereocenters. The number of rotatable bonds is 5. The summed E-state index contributed by atoms with van der Waals surface area (Å²) in [6.07, 6.45) is 6.53. The summed E-state index contributed by atoms with van der Waals surface area (Å²) in [4.78, 5) is 36.6. The maximum absolute atomic E-state index is 13.0. The van der Waals surface area contributed by atoms with E-state index >= 15 is 0 Å². The second kappa shape index (κ2) is 6.13. The van der Waals surface area contributed by atoms with E-state index in [1.807, 2.05) is 0 Å². The molecule has 9 nitrogen and oxygen atoms in total. The highest BCUT2D eigenvalue weighted by molar-refractivity contribution is 6.06. The Labute approximate surface area is 166 Å². The molecular formula is C20H19N3O6. The number of carbonyl (C=O) groups is 2. The van der Waals surface area contributed by atoms with Crippen molar-refractivity contribution >= 4 is 23.7 Å². The summed E-state index contributed by atoms with van der Waals surface area (Å²) in [7, 11) is 2.74. The number of nitrogens with zero attached hydrogens (tertiary/aromatic N) is 3. The van der Waals surface area contributed by atoms with Crippen LogP contribution in [0.5, 0.6) is 11.5 Å². The minimum Gasteiger partial charge on any atom is -0.496 e. The lowest BCUT2D eigenvalue weighted by Gasteiger charge is -2.37. The number of hydrogen-bond donors (Lipinski definition) is 0. The Morgan fingerprint density at radius 1 is 1.07 bits per heavy atom. The van der Waals surface area contributed by atoms with Crippen molar-refractivity contribution in [3.05, 3.63) is 40.0 Å². The van der Waals surface area contributed by atoms with Gasteiger partial charge in [-0.25, -0.2) is 0 Å². The molecule has 2 bridgehead atoms. The van der Waals surface area contributed by atoms with Crippen LogP contribution < -0.4 is 9.47 Å². The zero-order valence-corrected chi connectivity index (χ0v) is 15.8. The van der Waals surface area contributed by atoms with Crippen LogP contribution >= 0.6 is 0 Å². The van der Waals surface area contributed by atoms with Gasteiger partial charge in [0.15, 0.2) is 0 Å². The Hall–Kier alpha value is -3.23. The van der Waals surface area contributed by atoms with Crippen LogP contribution in [-0.2, 0) is 9.59 Å². The van der Waals surface area contributed by atoms with Gasteiger partial charge in [-0.15, -0.1) is 0 Å². The number of benzene rings is 1. The fourth-order valence-corrected chi connectivity index (χ4v) is 5.32. The van der Waals surface area contributed by atoms with Crippen molar-refractivity contribution in [2.24, 2.45) is 40.6 Å². The van der Waals surface area contributed by atoms with Crippen molar-refractivity contribution in [3.63, 3.8) is 0 Å². The number of carbonyl (C=O) groups excluding carboxylic acids is 2. The van der Waals surface area contributed by atoms with E-state index in [1.54, 1.807) is 0 Å². The number of methoxy groups -OCH3 is 2. The van der Waals surface area contributed by atoms with E-state index < -0.39 is 4.92 Å². The van der Waals surface area contributed by atoms with Gasteiger partial charge in [0, 0.05) is 17.7 Å². The van der Waals surface area contributed by atoms with Crippen molar-refractivity contribution in [1.29, 1.82) is 0 Å². The third kappa shape index (κ3) is 2.43. The molecule has 0 aromatic heterocycles. The highest BCUT2D eigenvalue weighted by Crippen LogP contribution is 2.65. The number of imide groups is 1. The first kappa shape index (κ1) is 17.8. The van der Waals surface area contributed by atoms with Crippen LogP contribution in [0.15, 0.2) is 29.4 Å². The third-order valence-corrected chi connectivity index (χ3v) is 6.68. The monoisotopic (exact) mass is 397 g/mol. The van der Waals surface area contributed by atoms with E-state index in [0.29, 0.717) is 11.8 Å². The summed E-state index contributed by atoms with van der Waals surface area (Å²) in [5.41, 5.74) is 0.0178. The molecule has 1 aliphatic heterocycles. The Balaban J connectivity index is 1.47. The summed E-state index contributed by atoms with van der Waals surface area (Å²) < 4.78 is 10.3. The molecule has 5 aliphatic rings. The number of ether oxygens (including phenoxy) is 2. The van der Waals surface area contributed by atoms with Crippen LogP contribution in [0.1, 0.15) is 12.0 Å². The summed E-state index contributed by atoms with van der Waals surface area (Å²) in [6, 6.07) is 2.63. The second-order valence-corrected chi connectivity index (χ2v) is 7.91. The van der Waals surface area contributed by atoms with Gasteiger partial charge in [0.25, 0.3) is 11.8 Å². The van der Waals surface area contributed by atoms with Gasteiger partial charge in [-0.05, 0) is 30.1 Å². The number of amides is 2. The van der Waals surface area contributed by atoms with Gasteiger partial charge in [0.05, 0.1) is 37.2 Å². The highest BCUT2D eigenvalue weighted by atomic mass is 16.6. The molecule has 29 heavy (non-hydrogen) atoms. The van der Waals surface area contributed by atoms with Crippen molar-refractivity contribution < 1.29 is 24.0 Å². The molecule has 6 rings (SSSR count). The van der Waals surface area contributed by atoms with E-state index in [1.165, 1.54) is 32.6 Å². The van der Waals surface area contributed by atoms with Gasteiger partial charge < -0.3 is 9.47 Å². The fraction of sp³-hybridized carbons (Fsp3) is 0.450. The van der Waals surface area contributed by atoms with Crippen LogP contribution in [0.2, 0.25) is 0 Å². The van der Waals surface area contributed by atoms with Crippen LogP contribution in [0.25, 0.3) is 0 Å². The maximum atomic E-state index is 13.0. The molecule has 4 aliphatic carbocycles. The quantitative estimate of drug-likeness (QED) is 0.247. The molecule has 1 aromatic rings. The smallest absolute Gasteiger partial charge is 0.311 e. The minimum atomic E-state index is -0.577. The van der Waals surface area contributed by atoms with E-state index in [-0.39, 0.29) is 58.2 Å². The topological polar surface area (TPSA) is 111 Å². The number of nitro groups is 1. The molecule has 2 amide bonds. The predicted octanol–water partition coefficient (Wildman–Crippen LogP) is 2.00. The van der Waals surface area contributed by atoms with Crippen molar-refractivity contribution in [2.75, 3.05) is 14.2 Å². The van der Waals surface area contributed by atoms with E-state index in [2.05, 4.69) is 17.3 Å². The fourth-order valence-electron chi connectivity index (χ4n) is 5.32. The van der Waals surface area contributed by atoms with Gasteiger partial charge in [-0.2, -0.15) is 10.1 Å². The molecule has 150 valence electrons. The molecule has 6 unspecified atom stereocenters. The Morgan fingerprint density at radius 2 is 1.66 bits per heavy atom. The van der Waals surface area contributed by atoms with Crippen LogP contribution in [0.4, 0.5) is 5.69 Å². The van der Waals surface area contributed by atoms with E-state index in [9.17, 15) is 19.7 Å². The van der Waals surface area contributed by atoms with E-state index in [0.717, 1.165) is 11.4 Å². The summed E-state index contributed by atoms with van der Waals surface area (Å²) in [5.74, 6) is 0.321. The van der Waals surface area contributed by atoms with E-state index in [4.69, 9.17) is 9.47 Å². The molecule has 0 spiro atoms. The van der Waals surface area contributed by atoms with Gasteiger partial charge in [0.2, 0.25) is 5.75 Å². The summed E-state index contributed by atoms with van der Waals surface area (Å²) in [5, 5.41) is 16.3. The predicted molar refractivity (Wildman–Crippen MR) is 100 cm³/mol. The molecule has 2 saturated carbocycles. The van der Waals surface area contributed by atoms with Gasteiger partial charge in [0.1, 0.15) is 5.75 Å². The number of allylic oxidation sites excluding steroid dienone is 2. The molecule has 1 heterocycles. The lowest BCUT2D eigenvalue weighted by Crippen LogP contribution is -2.40. The molecule has 0 N–H and O–H groups in total. The van der Waals surface area contributed by atoms with Gasteiger partial charge in [-0.3, -0.25) is 19.7 Å². The first-order chi connectivity index (χ1) is 14.0. The van der Waals surface area contributed by atoms with Crippen LogP contribution in [-0.4, -0.2) is 42.2 Å². The number of nitro benzene ring substituents is 1. The van der Waals surface area contributed by atoms with Crippen molar-refractivity contribution in [3.8, 4) is 11.5 Å². The first-order valence-electron chi connectivity index (χ1n) is 9.46. The lowest BCUT2D eigenvalue weighted by molar-refractivity contribution is -0.385. The Bertz CT molecular complexity index is 966. The minimum absolute atomic E-state index is 0.0465. The average molecular weight is 397 g/mol. The molecule has 1 aromatic carbocycles. The zero-order chi connectivity index (χ0) is 20.4. The highest BCUT2D eigenvalue weighted by Gasteiger charge is 2.67. The summed E-state index contributed by atoms with van der Waals surface area (Å²) in [6.45, 7) is 0. The first-order valence-corrected chi connectivity index (χ1v) is 9.46. The molecule has 3 fully saturated rings. The van der Waals surface area contributed by atoms with Crippen LogP contribution in [0, 0.1) is 45.6 Å². The molecule has 0 radical (unpaired) electrons. The molecule has 9 heteroatoms. The maximum Gasteiger partial charge on any atom is 0.311 e.